The van der Waals surface area contributed by atoms with Crippen LogP contribution in [0.15, 0.2) is 67.1 Å². The highest BCUT2D eigenvalue weighted by Crippen LogP contribution is 2.43. The number of carbonyl (C=O) groups is 2. The summed E-state index contributed by atoms with van der Waals surface area (Å²) >= 11 is 0. The molecule has 0 radical (unpaired) electrons. The number of aliphatic hydroxyl groups excluding tert-OH is 1. The summed E-state index contributed by atoms with van der Waals surface area (Å²) in [6.07, 6.45) is 4.33. The molecule has 0 saturated carbocycles. The summed E-state index contributed by atoms with van der Waals surface area (Å²) in [5.74, 6) is -0.891. The second kappa shape index (κ2) is 8.12. The highest BCUT2D eigenvalue weighted by atomic mass is 19.1. The van der Waals surface area contributed by atoms with E-state index in [0.717, 1.165) is 16.7 Å². The molecule has 2 aliphatic rings. The molecule has 3 aromatic rings. The van der Waals surface area contributed by atoms with Crippen molar-refractivity contribution in [2.45, 2.75) is 18.0 Å². The van der Waals surface area contributed by atoms with Crippen molar-refractivity contribution in [1.82, 2.24) is 19.8 Å². The van der Waals surface area contributed by atoms with E-state index in [1.807, 2.05) is 24.3 Å². The second-order valence-corrected chi connectivity index (χ2v) is 8.05. The van der Waals surface area contributed by atoms with Gasteiger partial charge < -0.3 is 14.9 Å². The molecule has 162 valence electrons. The Morgan fingerprint density at radius 1 is 1.06 bits per heavy atom. The first-order valence-corrected chi connectivity index (χ1v) is 10.4. The molecule has 0 bridgehead atoms. The molecule has 2 amide bonds. The second-order valence-electron chi connectivity index (χ2n) is 8.05. The zero-order valence-electron chi connectivity index (χ0n) is 17.1. The fourth-order valence-corrected chi connectivity index (χ4v) is 4.77. The minimum atomic E-state index is -0.330. The van der Waals surface area contributed by atoms with Gasteiger partial charge in [0.2, 0.25) is 5.91 Å². The molecule has 0 unspecified atom stereocenters. The topological polar surface area (TPSA) is 86.6 Å². The largest absolute Gasteiger partial charge is 0.394 e. The molecule has 0 aliphatic carbocycles. The number of piperazine rings is 1. The van der Waals surface area contributed by atoms with E-state index in [1.165, 1.54) is 35.6 Å². The number of hydrogen-bond donors (Lipinski definition) is 1. The molecule has 3 atom stereocenters. The zero-order chi connectivity index (χ0) is 22.2. The number of aromatic nitrogens is 2. The molecule has 2 fully saturated rings. The van der Waals surface area contributed by atoms with E-state index < -0.39 is 0 Å². The van der Waals surface area contributed by atoms with Crippen LogP contribution >= 0.6 is 0 Å². The molecule has 8 heteroatoms. The monoisotopic (exact) mass is 432 g/mol. The number of benzene rings is 2. The van der Waals surface area contributed by atoms with Crippen LogP contribution in [0.5, 0.6) is 0 Å². The fraction of sp³-hybridized carbons (Fsp3) is 0.250. The lowest BCUT2D eigenvalue weighted by molar-refractivity contribution is -0.159. The summed E-state index contributed by atoms with van der Waals surface area (Å²) in [5.41, 5.74) is 3.04. The Hall–Kier alpha value is -3.65. The van der Waals surface area contributed by atoms with Crippen molar-refractivity contribution < 1.29 is 19.1 Å². The van der Waals surface area contributed by atoms with Crippen LogP contribution in [0.2, 0.25) is 0 Å². The van der Waals surface area contributed by atoms with Gasteiger partial charge in [0.1, 0.15) is 18.1 Å². The maximum Gasteiger partial charge on any atom is 0.274 e. The minimum absolute atomic E-state index is 0.0430. The molecule has 0 spiro atoms. The lowest BCUT2D eigenvalue weighted by atomic mass is 9.73. The van der Waals surface area contributed by atoms with Gasteiger partial charge in [0.05, 0.1) is 24.9 Å². The number of carbonyl (C=O) groups excluding carboxylic acids is 2. The quantitative estimate of drug-likeness (QED) is 0.682. The first-order chi connectivity index (χ1) is 15.6. The smallest absolute Gasteiger partial charge is 0.274 e. The average Bonchev–Trinajstić information content (AvgIpc) is 2.81. The predicted molar refractivity (Wildman–Crippen MR) is 114 cm³/mol. The first kappa shape index (κ1) is 20.3. The molecule has 3 heterocycles. The summed E-state index contributed by atoms with van der Waals surface area (Å²) in [5, 5.41) is 9.96. The van der Waals surface area contributed by atoms with Crippen molar-refractivity contribution in [2.24, 2.45) is 0 Å². The van der Waals surface area contributed by atoms with Crippen LogP contribution in [0.1, 0.15) is 22.0 Å². The van der Waals surface area contributed by atoms with E-state index in [0.29, 0.717) is 6.54 Å². The van der Waals surface area contributed by atoms with Crippen molar-refractivity contribution in [3.8, 4) is 11.1 Å². The summed E-state index contributed by atoms with van der Waals surface area (Å²) in [7, 11) is 0. The molecule has 1 aromatic heterocycles. The molecular weight excluding hydrogens is 411 g/mol. The third-order valence-corrected chi connectivity index (χ3v) is 6.29. The lowest BCUT2D eigenvalue weighted by Crippen LogP contribution is -2.73. The maximum absolute atomic E-state index is 13.2. The van der Waals surface area contributed by atoms with Gasteiger partial charge >= 0.3 is 0 Å². The number of fused-ring (bicyclic) bond motifs is 1. The Morgan fingerprint density at radius 3 is 2.38 bits per heavy atom. The van der Waals surface area contributed by atoms with Gasteiger partial charge in [-0.25, -0.2) is 9.37 Å². The third-order valence-electron chi connectivity index (χ3n) is 6.29. The van der Waals surface area contributed by atoms with Crippen molar-refractivity contribution >= 4 is 11.8 Å². The van der Waals surface area contributed by atoms with Gasteiger partial charge in [-0.15, -0.1) is 0 Å². The van der Waals surface area contributed by atoms with Gasteiger partial charge in [0.15, 0.2) is 0 Å². The average molecular weight is 432 g/mol. The Balaban J connectivity index is 1.38. The van der Waals surface area contributed by atoms with E-state index in [2.05, 4.69) is 9.97 Å². The molecule has 2 saturated heterocycles. The number of rotatable bonds is 4. The van der Waals surface area contributed by atoms with Crippen molar-refractivity contribution in [3.63, 3.8) is 0 Å². The summed E-state index contributed by atoms with van der Waals surface area (Å²) in [6, 6.07) is 13.6. The molecule has 2 aromatic carbocycles. The van der Waals surface area contributed by atoms with Crippen molar-refractivity contribution in [1.29, 1.82) is 0 Å². The standard InChI is InChI=1S/C24H21FN4O3/c25-18-7-5-16(6-8-18)15-1-3-17(4-2-15)23-20-12-28(13-22(31)29(20)21(23)14-30)24(32)19-11-26-9-10-27-19/h1-11,20-21,23,30H,12-14H2/t20-,21-,23-/m0/s1. The van der Waals surface area contributed by atoms with Crippen LogP contribution in [-0.4, -0.2) is 68.5 Å². The fourth-order valence-electron chi connectivity index (χ4n) is 4.77. The van der Waals surface area contributed by atoms with Crippen LogP contribution in [-0.2, 0) is 4.79 Å². The van der Waals surface area contributed by atoms with Crippen LogP contribution < -0.4 is 0 Å². The van der Waals surface area contributed by atoms with Crippen LogP contribution in [0.4, 0.5) is 4.39 Å². The number of aliphatic hydroxyl groups is 1. The minimum Gasteiger partial charge on any atom is -0.394 e. The Kier molecular flexibility index (Phi) is 5.14. The molecule has 2 aliphatic heterocycles. The van der Waals surface area contributed by atoms with Gasteiger partial charge in [0, 0.05) is 24.9 Å². The first-order valence-electron chi connectivity index (χ1n) is 10.4. The van der Waals surface area contributed by atoms with Crippen LogP contribution in [0.25, 0.3) is 11.1 Å². The van der Waals surface area contributed by atoms with E-state index in [9.17, 15) is 19.1 Å². The van der Waals surface area contributed by atoms with E-state index in [4.69, 9.17) is 0 Å². The predicted octanol–water partition coefficient (Wildman–Crippen LogP) is 2.09. The molecular formula is C24H21FN4O3. The lowest BCUT2D eigenvalue weighted by Gasteiger charge is -2.58. The highest BCUT2D eigenvalue weighted by Gasteiger charge is 2.54. The summed E-state index contributed by atoms with van der Waals surface area (Å²) in [4.78, 5) is 36.8. The van der Waals surface area contributed by atoms with Crippen molar-refractivity contribution in [2.75, 3.05) is 19.7 Å². The van der Waals surface area contributed by atoms with Crippen LogP contribution in [0, 0.1) is 5.82 Å². The Morgan fingerprint density at radius 2 is 1.75 bits per heavy atom. The van der Waals surface area contributed by atoms with Gasteiger partial charge in [-0.2, -0.15) is 0 Å². The number of halogens is 1. The number of nitrogens with zero attached hydrogens (tertiary/aromatic N) is 4. The van der Waals surface area contributed by atoms with Gasteiger partial charge in [-0.1, -0.05) is 36.4 Å². The molecule has 32 heavy (non-hydrogen) atoms. The molecule has 7 nitrogen and oxygen atoms in total. The van der Waals surface area contributed by atoms with E-state index in [-0.39, 0.29) is 54.5 Å². The normalized spacial score (nSPS) is 22.3. The highest BCUT2D eigenvalue weighted by molar-refractivity contribution is 5.96. The SMILES string of the molecule is O=C(c1cnccn1)N1CC(=O)N2[C@@H](CO)[C@@H](c3ccc(-c4ccc(F)cc4)cc3)[C@@H]2C1. The van der Waals surface area contributed by atoms with Crippen LogP contribution in [0.3, 0.4) is 0 Å². The number of amides is 2. The van der Waals surface area contributed by atoms with Gasteiger partial charge in [-0.3, -0.25) is 14.6 Å². The van der Waals surface area contributed by atoms with Gasteiger partial charge in [-0.05, 0) is 28.8 Å². The zero-order valence-corrected chi connectivity index (χ0v) is 17.1. The maximum atomic E-state index is 13.2. The van der Waals surface area contributed by atoms with Crippen molar-refractivity contribution in [3.05, 3.63) is 84.2 Å². The number of hydrogen-bond acceptors (Lipinski definition) is 5. The molecule has 5 rings (SSSR count). The third kappa shape index (κ3) is 3.42. The van der Waals surface area contributed by atoms with E-state index in [1.54, 1.807) is 17.0 Å². The summed E-state index contributed by atoms with van der Waals surface area (Å²) in [6.45, 7) is 0.172. The van der Waals surface area contributed by atoms with Gasteiger partial charge in [0.25, 0.3) is 5.91 Å². The summed E-state index contributed by atoms with van der Waals surface area (Å²) < 4.78 is 13.2. The van der Waals surface area contributed by atoms with E-state index >= 15 is 0 Å². The Labute approximate surface area is 184 Å². The Bertz CT molecular complexity index is 1140. The molecule has 1 N–H and O–H groups in total.